The minimum absolute atomic E-state index is 0.364. The van der Waals surface area contributed by atoms with Crippen LogP contribution < -0.4 is 20.7 Å². The molecule has 0 fully saturated rings. The van der Waals surface area contributed by atoms with Gasteiger partial charge in [0.25, 0.3) is 5.91 Å². The lowest BCUT2D eigenvalue weighted by Crippen LogP contribution is -2.41. The second-order valence-electron chi connectivity index (χ2n) is 3.44. The maximum Gasteiger partial charge on any atom is 0.274 e. The maximum absolute atomic E-state index is 11.5. The number of methoxy groups -OCH3 is 1. The number of ether oxygens (including phenoxy) is 2. The van der Waals surface area contributed by atoms with Gasteiger partial charge in [-0.1, -0.05) is 6.92 Å². The Labute approximate surface area is 122 Å². The van der Waals surface area contributed by atoms with Crippen molar-refractivity contribution in [1.82, 2.24) is 5.43 Å². The molecule has 18 heavy (non-hydrogen) atoms. The van der Waals surface area contributed by atoms with Crippen LogP contribution in [0.15, 0.2) is 21.1 Å². The molecule has 0 aliphatic carbocycles. The van der Waals surface area contributed by atoms with Gasteiger partial charge in [-0.15, -0.1) is 0 Å². The molecule has 1 rings (SSSR count). The summed E-state index contributed by atoms with van der Waals surface area (Å²) in [5, 5.41) is 0. The van der Waals surface area contributed by atoms with Gasteiger partial charge in [0.05, 0.1) is 16.1 Å². The summed E-state index contributed by atoms with van der Waals surface area (Å²) in [6, 6.07) is 3.49. The van der Waals surface area contributed by atoms with Crippen molar-refractivity contribution >= 4 is 37.8 Å². The van der Waals surface area contributed by atoms with Crippen molar-refractivity contribution in [1.29, 1.82) is 0 Å². The summed E-state index contributed by atoms with van der Waals surface area (Å²) in [6.07, 6.45) is -0.120. The molecule has 1 amide bonds. The smallest absolute Gasteiger partial charge is 0.274 e. The summed E-state index contributed by atoms with van der Waals surface area (Å²) in [6.45, 7) is 1.84. The second kappa shape index (κ2) is 6.96. The van der Waals surface area contributed by atoms with Gasteiger partial charge in [-0.25, -0.2) is 5.84 Å². The first-order valence-electron chi connectivity index (χ1n) is 5.23. The monoisotopic (exact) mass is 380 g/mol. The molecule has 3 N–H and O–H groups in total. The number of carbonyl (C=O) groups excluding carboxylic acids is 1. The number of nitrogens with one attached hydrogen (secondary N) is 1. The number of hydrogen-bond acceptors (Lipinski definition) is 4. The second-order valence-corrected chi connectivity index (χ2v) is 5.15. The summed E-state index contributed by atoms with van der Waals surface area (Å²) < 4.78 is 12.2. The average Bonchev–Trinajstić information content (AvgIpc) is 2.38. The largest absolute Gasteiger partial charge is 0.496 e. The molecule has 7 heteroatoms. The predicted molar refractivity (Wildman–Crippen MR) is 75.4 cm³/mol. The van der Waals surface area contributed by atoms with Crippen LogP contribution in [0.2, 0.25) is 0 Å². The third-order valence-electron chi connectivity index (χ3n) is 2.28. The van der Waals surface area contributed by atoms with E-state index in [0.29, 0.717) is 22.4 Å². The zero-order valence-corrected chi connectivity index (χ0v) is 13.2. The Morgan fingerprint density at radius 3 is 2.44 bits per heavy atom. The molecule has 5 nitrogen and oxygen atoms in total. The Balaban J connectivity index is 2.96. The standard InChI is InChI=1S/C11H14Br2N2O3/c1-3-8(11(16)15-14)18-10-5-6(12)9(17-2)4-7(10)13/h4-5,8H,3,14H2,1-2H3,(H,15,16). The Bertz CT molecular complexity index is 441. The number of nitrogens with two attached hydrogens (primary N) is 1. The third-order valence-corrected chi connectivity index (χ3v) is 3.52. The molecule has 1 aromatic rings. The number of halogens is 2. The Kier molecular flexibility index (Phi) is 5.90. The van der Waals surface area contributed by atoms with Crippen molar-refractivity contribution in [3.05, 3.63) is 21.1 Å². The molecule has 0 aliphatic heterocycles. The summed E-state index contributed by atoms with van der Waals surface area (Å²) in [4.78, 5) is 11.5. The number of benzene rings is 1. The minimum Gasteiger partial charge on any atom is -0.496 e. The molecule has 0 bridgehead atoms. The van der Waals surface area contributed by atoms with Gasteiger partial charge in [-0.3, -0.25) is 10.2 Å². The number of hydrogen-bond donors (Lipinski definition) is 2. The first-order valence-corrected chi connectivity index (χ1v) is 6.82. The molecular formula is C11H14Br2N2O3. The lowest BCUT2D eigenvalue weighted by Gasteiger charge is -2.17. The molecule has 1 aromatic carbocycles. The molecule has 1 unspecified atom stereocenters. The van der Waals surface area contributed by atoms with E-state index >= 15 is 0 Å². The molecule has 0 aliphatic rings. The van der Waals surface area contributed by atoms with Crippen molar-refractivity contribution in [2.75, 3.05) is 7.11 Å². The van der Waals surface area contributed by atoms with Crippen LogP contribution in [0.25, 0.3) is 0 Å². The fourth-order valence-electron chi connectivity index (χ4n) is 1.33. The van der Waals surface area contributed by atoms with Gasteiger partial charge < -0.3 is 9.47 Å². The van der Waals surface area contributed by atoms with E-state index in [1.807, 2.05) is 6.92 Å². The molecule has 0 radical (unpaired) electrons. The van der Waals surface area contributed by atoms with E-state index in [1.54, 1.807) is 19.2 Å². The number of amides is 1. The van der Waals surface area contributed by atoms with Gasteiger partial charge in [0.2, 0.25) is 0 Å². The summed E-state index contributed by atoms with van der Waals surface area (Å²) >= 11 is 6.72. The van der Waals surface area contributed by atoms with Gasteiger partial charge >= 0.3 is 0 Å². The van der Waals surface area contributed by atoms with Gasteiger partial charge in [0.15, 0.2) is 6.10 Å². The topological polar surface area (TPSA) is 73.6 Å². The lowest BCUT2D eigenvalue weighted by atomic mass is 10.2. The van der Waals surface area contributed by atoms with Crippen molar-refractivity contribution in [2.45, 2.75) is 19.4 Å². The van der Waals surface area contributed by atoms with Crippen molar-refractivity contribution in [3.8, 4) is 11.5 Å². The number of carbonyl (C=O) groups is 1. The highest BCUT2D eigenvalue weighted by molar-refractivity contribution is 9.11. The zero-order valence-electron chi connectivity index (χ0n) is 10.00. The summed E-state index contributed by atoms with van der Waals surface area (Å²) in [5.74, 6) is 5.94. The normalized spacial score (nSPS) is 11.8. The Morgan fingerprint density at radius 2 is 1.94 bits per heavy atom. The third kappa shape index (κ3) is 3.60. The zero-order chi connectivity index (χ0) is 13.7. The lowest BCUT2D eigenvalue weighted by molar-refractivity contribution is -0.128. The molecule has 0 saturated carbocycles. The van der Waals surface area contributed by atoms with Crippen LogP contribution in [0.4, 0.5) is 0 Å². The molecule has 0 spiro atoms. The van der Waals surface area contributed by atoms with Crippen LogP contribution in [0.1, 0.15) is 13.3 Å². The number of hydrazine groups is 1. The molecular weight excluding hydrogens is 368 g/mol. The van der Waals surface area contributed by atoms with Crippen LogP contribution in [0.3, 0.4) is 0 Å². The Hall–Kier alpha value is -0.790. The van der Waals surface area contributed by atoms with Crippen LogP contribution in [0.5, 0.6) is 11.5 Å². The van der Waals surface area contributed by atoms with Gasteiger partial charge in [0.1, 0.15) is 11.5 Å². The van der Waals surface area contributed by atoms with E-state index in [1.165, 1.54) is 0 Å². The van der Waals surface area contributed by atoms with E-state index in [9.17, 15) is 4.79 Å². The SMILES string of the molecule is CCC(Oc1cc(Br)c(OC)cc1Br)C(=O)NN. The van der Waals surface area contributed by atoms with Crippen LogP contribution in [0, 0.1) is 0 Å². The van der Waals surface area contributed by atoms with E-state index in [0.717, 1.165) is 4.47 Å². The molecule has 1 atom stereocenters. The summed E-state index contributed by atoms with van der Waals surface area (Å²) in [7, 11) is 1.57. The maximum atomic E-state index is 11.5. The predicted octanol–water partition coefficient (Wildman–Crippen LogP) is 2.37. The quantitative estimate of drug-likeness (QED) is 0.466. The number of rotatable bonds is 5. The van der Waals surface area contributed by atoms with Crippen molar-refractivity contribution < 1.29 is 14.3 Å². The summed E-state index contributed by atoms with van der Waals surface area (Å²) in [5.41, 5.74) is 2.08. The molecule has 0 aromatic heterocycles. The van der Waals surface area contributed by atoms with Gasteiger partial charge in [0, 0.05) is 0 Å². The fraction of sp³-hybridized carbons (Fsp3) is 0.364. The minimum atomic E-state index is -0.633. The highest BCUT2D eigenvalue weighted by atomic mass is 79.9. The van der Waals surface area contributed by atoms with Gasteiger partial charge in [-0.2, -0.15) is 0 Å². The van der Waals surface area contributed by atoms with Crippen molar-refractivity contribution in [3.63, 3.8) is 0 Å². The fourth-order valence-corrected chi connectivity index (χ4v) is 2.23. The van der Waals surface area contributed by atoms with Crippen molar-refractivity contribution in [2.24, 2.45) is 5.84 Å². The Morgan fingerprint density at radius 1 is 1.39 bits per heavy atom. The van der Waals surface area contributed by atoms with Crippen LogP contribution >= 0.6 is 31.9 Å². The molecule has 100 valence electrons. The van der Waals surface area contributed by atoms with Crippen LogP contribution in [-0.4, -0.2) is 19.1 Å². The van der Waals surface area contributed by atoms with Gasteiger partial charge in [-0.05, 0) is 50.4 Å². The van der Waals surface area contributed by atoms with E-state index in [-0.39, 0.29) is 5.91 Å². The molecule has 0 heterocycles. The first kappa shape index (κ1) is 15.3. The highest BCUT2D eigenvalue weighted by Crippen LogP contribution is 2.36. The average molecular weight is 382 g/mol. The van der Waals surface area contributed by atoms with E-state index in [4.69, 9.17) is 15.3 Å². The highest BCUT2D eigenvalue weighted by Gasteiger charge is 2.19. The first-order chi connectivity index (χ1) is 8.53. The van der Waals surface area contributed by atoms with E-state index < -0.39 is 6.10 Å². The van der Waals surface area contributed by atoms with Crippen LogP contribution in [-0.2, 0) is 4.79 Å². The molecule has 0 saturated heterocycles. The van der Waals surface area contributed by atoms with E-state index in [2.05, 4.69) is 37.3 Å².